The summed E-state index contributed by atoms with van der Waals surface area (Å²) in [6.07, 6.45) is 5.29. The zero-order valence-corrected chi connectivity index (χ0v) is 13.7. The van der Waals surface area contributed by atoms with Crippen LogP contribution in [0.1, 0.15) is 18.5 Å². The number of hydrogen-bond acceptors (Lipinski definition) is 5. The van der Waals surface area contributed by atoms with Crippen LogP contribution in [0.5, 0.6) is 0 Å². The summed E-state index contributed by atoms with van der Waals surface area (Å²) in [5.41, 5.74) is 1.68. The second-order valence-corrected chi connectivity index (χ2v) is 6.28. The van der Waals surface area contributed by atoms with Crippen molar-refractivity contribution in [1.82, 2.24) is 20.2 Å². The van der Waals surface area contributed by atoms with Gasteiger partial charge in [-0.05, 0) is 25.0 Å². The minimum Gasteiger partial charge on any atom is -0.357 e. The van der Waals surface area contributed by atoms with E-state index in [0.29, 0.717) is 6.54 Å². The van der Waals surface area contributed by atoms with Crippen molar-refractivity contribution in [3.63, 3.8) is 0 Å². The molecule has 2 aromatic rings. The lowest BCUT2D eigenvalue weighted by atomic mass is 10.2. The van der Waals surface area contributed by atoms with Crippen molar-refractivity contribution in [3.8, 4) is 10.6 Å². The van der Waals surface area contributed by atoms with Crippen LogP contribution in [-0.4, -0.2) is 46.3 Å². The number of carbonyl (C=O) groups is 2. The first kappa shape index (κ1) is 15.6. The van der Waals surface area contributed by atoms with Crippen molar-refractivity contribution in [3.05, 3.63) is 35.6 Å². The van der Waals surface area contributed by atoms with E-state index in [-0.39, 0.29) is 24.3 Å². The summed E-state index contributed by atoms with van der Waals surface area (Å²) in [5, 5.41) is 5.37. The number of carbonyl (C=O) groups excluding carboxylic acids is 2. The van der Waals surface area contributed by atoms with E-state index < -0.39 is 0 Å². The monoisotopic (exact) mass is 330 g/mol. The smallest absolute Gasteiger partial charge is 0.242 e. The van der Waals surface area contributed by atoms with Gasteiger partial charge in [0.15, 0.2) is 0 Å². The molecule has 2 amide bonds. The van der Waals surface area contributed by atoms with E-state index in [4.69, 9.17) is 0 Å². The van der Waals surface area contributed by atoms with Crippen molar-refractivity contribution in [2.45, 2.75) is 25.3 Å². The van der Waals surface area contributed by atoms with Crippen LogP contribution in [0, 0.1) is 0 Å². The van der Waals surface area contributed by atoms with Gasteiger partial charge in [-0.2, -0.15) is 0 Å². The van der Waals surface area contributed by atoms with Crippen molar-refractivity contribution in [2.24, 2.45) is 0 Å². The number of nitrogens with one attached hydrogen (secondary N) is 1. The molecule has 0 radical (unpaired) electrons. The molecule has 1 fully saturated rings. The Hall–Kier alpha value is -2.28. The Morgan fingerprint density at radius 2 is 2.35 bits per heavy atom. The first-order chi connectivity index (χ1) is 11.2. The van der Waals surface area contributed by atoms with Gasteiger partial charge in [-0.15, -0.1) is 11.3 Å². The fourth-order valence-electron chi connectivity index (χ4n) is 2.77. The van der Waals surface area contributed by atoms with Crippen molar-refractivity contribution >= 4 is 23.2 Å². The number of hydrogen-bond donors (Lipinski definition) is 1. The second-order valence-electron chi connectivity index (χ2n) is 5.42. The van der Waals surface area contributed by atoms with Crippen LogP contribution in [0.2, 0.25) is 0 Å². The number of nitrogens with zero attached hydrogens (tertiary/aromatic N) is 3. The molecule has 0 aromatic carbocycles. The average Bonchev–Trinajstić information content (AvgIpc) is 3.24. The Kier molecular flexibility index (Phi) is 4.66. The zero-order chi connectivity index (χ0) is 16.2. The molecule has 3 heterocycles. The first-order valence-corrected chi connectivity index (χ1v) is 8.43. The number of amides is 2. The third kappa shape index (κ3) is 3.39. The van der Waals surface area contributed by atoms with Gasteiger partial charge in [0.05, 0.1) is 12.1 Å². The Bertz CT molecular complexity index is 701. The summed E-state index contributed by atoms with van der Waals surface area (Å²) < 4.78 is 0. The van der Waals surface area contributed by atoms with Crippen molar-refractivity contribution in [1.29, 1.82) is 0 Å². The van der Waals surface area contributed by atoms with Gasteiger partial charge in [0, 0.05) is 36.9 Å². The Balaban J connectivity index is 1.69. The lowest BCUT2D eigenvalue weighted by molar-refractivity contribution is -0.137. The summed E-state index contributed by atoms with van der Waals surface area (Å²) in [5.74, 6) is -0.135. The molecule has 1 atom stereocenters. The molecule has 120 valence electrons. The van der Waals surface area contributed by atoms with E-state index in [9.17, 15) is 9.59 Å². The first-order valence-electron chi connectivity index (χ1n) is 7.55. The number of pyridine rings is 1. The minimum atomic E-state index is -0.344. The normalized spacial score (nSPS) is 17.3. The molecule has 0 spiro atoms. The lowest BCUT2D eigenvalue weighted by Gasteiger charge is -2.23. The Morgan fingerprint density at radius 3 is 3.09 bits per heavy atom. The Labute approximate surface area is 138 Å². The molecule has 1 aliphatic heterocycles. The molecule has 1 N–H and O–H groups in total. The highest BCUT2D eigenvalue weighted by Crippen LogP contribution is 2.24. The van der Waals surface area contributed by atoms with Crippen LogP contribution >= 0.6 is 11.3 Å². The maximum absolute atomic E-state index is 12.5. The van der Waals surface area contributed by atoms with Gasteiger partial charge in [-0.1, -0.05) is 0 Å². The van der Waals surface area contributed by atoms with Gasteiger partial charge in [0.1, 0.15) is 11.0 Å². The summed E-state index contributed by atoms with van der Waals surface area (Å²) in [6.45, 7) is 0.635. The van der Waals surface area contributed by atoms with Crippen LogP contribution in [0.15, 0.2) is 29.9 Å². The highest BCUT2D eigenvalue weighted by atomic mass is 32.1. The highest BCUT2D eigenvalue weighted by Gasteiger charge is 2.33. The molecule has 2 aromatic heterocycles. The fraction of sp³-hybridized carbons (Fsp3) is 0.375. The van der Waals surface area contributed by atoms with Gasteiger partial charge in [0.25, 0.3) is 0 Å². The molecular formula is C16H18N4O2S. The maximum atomic E-state index is 12.5. The van der Waals surface area contributed by atoms with Gasteiger partial charge >= 0.3 is 0 Å². The quantitative estimate of drug-likeness (QED) is 0.921. The van der Waals surface area contributed by atoms with E-state index >= 15 is 0 Å². The standard InChI is InChI=1S/C16H18N4O2S/c1-17-15(22)13-5-3-7-20(13)14(21)8-12-10-23-16(19-12)11-4-2-6-18-9-11/h2,4,6,9-10,13H,3,5,7-8H2,1H3,(H,17,22)/t13-/m0/s1. The zero-order valence-electron chi connectivity index (χ0n) is 12.9. The third-order valence-corrected chi connectivity index (χ3v) is 4.85. The van der Waals surface area contributed by atoms with Crippen LogP contribution < -0.4 is 5.32 Å². The van der Waals surface area contributed by atoms with E-state index in [1.165, 1.54) is 11.3 Å². The maximum Gasteiger partial charge on any atom is 0.242 e. The predicted octanol–water partition coefficient (Wildman–Crippen LogP) is 1.48. The topological polar surface area (TPSA) is 75.2 Å². The van der Waals surface area contributed by atoms with Crippen LogP contribution in [0.4, 0.5) is 0 Å². The molecule has 0 unspecified atom stereocenters. The molecule has 1 saturated heterocycles. The average molecular weight is 330 g/mol. The predicted molar refractivity (Wildman–Crippen MR) is 87.9 cm³/mol. The van der Waals surface area contributed by atoms with Gasteiger partial charge in [0.2, 0.25) is 11.8 Å². The molecule has 23 heavy (non-hydrogen) atoms. The number of aromatic nitrogens is 2. The number of thiazole rings is 1. The number of rotatable bonds is 4. The fourth-order valence-corrected chi connectivity index (χ4v) is 3.58. The molecule has 0 aliphatic carbocycles. The van der Waals surface area contributed by atoms with E-state index in [2.05, 4.69) is 15.3 Å². The van der Waals surface area contributed by atoms with E-state index in [1.54, 1.807) is 24.3 Å². The third-order valence-electron chi connectivity index (χ3n) is 3.91. The summed E-state index contributed by atoms with van der Waals surface area (Å²) in [4.78, 5) is 34.6. The van der Waals surface area contributed by atoms with E-state index in [0.717, 1.165) is 29.1 Å². The molecule has 0 bridgehead atoms. The number of likely N-dealkylation sites (N-methyl/N-ethyl adjacent to an activating group) is 1. The summed E-state index contributed by atoms with van der Waals surface area (Å²) in [6, 6.07) is 3.46. The molecule has 1 aliphatic rings. The van der Waals surface area contributed by atoms with Crippen LogP contribution in [-0.2, 0) is 16.0 Å². The second kappa shape index (κ2) is 6.87. The largest absolute Gasteiger partial charge is 0.357 e. The van der Waals surface area contributed by atoms with Crippen molar-refractivity contribution < 1.29 is 9.59 Å². The molecule has 6 nitrogen and oxygen atoms in total. The minimum absolute atomic E-state index is 0.0425. The van der Waals surface area contributed by atoms with E-state index in [1.807, 2.05) is 17.5 Å². The Morgan fingerprint density at radius 1 is 1.48 bits per heavy atom. The van der Waals surface area contributed by atoms with Gasteiger partial charge in [-0.25, -0.2) is 4.98 Å². The summed E-state index contributed by atoms with van der Waals surface area (Å²) in [7, 11) is 1.60. The lowest BCUT2D eigenvalue weighted by Crippen LogP contribution is -2.45. The van der Waals surface area contributed by atoms with Crippen LogP contribution in [0.25, 0.3) is 10.6 Å². The van der Waals surface area contributed by atoms with Gasteiger partial charge < -0.3 is 10.2 Å². The van der Waals surface area contributed by atoms with Crippen LogP contribution in [0.3, 0.4) is 0 Å². The summed E-state index contributed by atoms with van der Waals surface area (Å²) >= 11 is 1.50. The SMILES string of the molecule is CNC(=O)[C@@H]1CCCN1C(=O)Cc1csc(-c2cccnc2)n1. The molecular weight excluding hydrogens is 312 g/mol. The number of likely N-dealkylation sites (tertiary alicyclic amines) is 1. The molecule has 3 rings (SSSR count). The molecule has 7 heteroatoms. The van der Waals surface area contributed by atoms with Crippen molar-refractivity contribution in [2.75, 3.05) is 13.6 Å². The van der Waals surface area contributed by atoms with Gasteiger partial charge in [-0.3, -0.25) is 14.6 Å². The highest BCUT2D eigenvalue weighted by molar-refractivity contribution is 7.13. The molecule has 0 saturated carbocycles.